The zero-order valence-corrected chi connectivity index (χ0v) is 19.9. The van der Waals surface area contributed by atoms with E-state index in [9.17, 15) is 9.59 Å². The molecule has 4 aromatic rings. The fraction of sp³-hybridized carbons (Fsp3) is 0.241. The number of aryl methyl sites for hydroxylation is 1. The number of ether oxygens (including phenoxy) is 1. The van der Waals surface area contributed by atoms with Gasteiger partial charge in [0.15, 0.2) is 0 Å². The van der Waals surface area contributed by atoms with Crippen LogP contribution in [0.2, 0.25) is 0 Å². The summed E-state index contributed by atoms with van der Waals surface area (Å²) in [5.41, 5.74) is 5.20. The van der Waals surface area contributed by atoms with E-state index in [4.69, 9.17) is 4.74 Å². The number of rotatable bonds is 8. The van der Waals surface area contributed by atoms with Gasteiger partial charge in [-0.3, -0.25) is 4.79 Å². The fourth-order valence-corrected chi connectivity index (χ4v) is 4.42. The summed E-state index contributed by atoms with van der Waals surface area (Å²) < 4.78 is 5.48. The molecule has 1 amide bonds. The summed E-state index contributed by atoms with van der Waals surface area (Å²) in [5, 5.41) is 5.43. The standard InChI is InChI=1S/C29H30N2O3/c1-19-24(20(2)31-28(19)29(33)34-18-22-10-5-4-6-11-22)16-17-27(32)30-21(3)25-15-9-13-23-12-7-8-14-26(23)25/h4-15,21,31H,16-18H2,1-3H3,(H,30,32)/t21-/m1/s1. The Labute approximate surface area is 200 Å². The summed E-state index contributed by atoms with van der Waals surface area (Å²) in [5.74, 6) is -0.404. The number of esters is 1. The highest BCUT2D eigenvalue weighted by atomic mass is 16.5. The molecular weight excluding hydrogens is 424 g/mol. The molecule has 0 aliphatic rings. The Morgan fingerprint density at radius 1 is 0.941 bits per heavy atom. The van der Waals surface area contributed by atoms with E-state index in [-0.39, 0.29) is 24.5 Å². The number of H-pyrrole nitrogens is 1. The van der Waals surface area contributed by atoms with Crippen LogP contribution in [-0.2, 0) is 22.6 Å². The monoisotopic (exact) mass is 454 g/mol. The number of carbonyl (C=O) groups is 2. The molecule has 3 aromatic carbocycles. The van der Waals surface area contributed by atoms with Crippen LogP contribution in [0.1, 0.15) is 57.8 Å². The molecule has 0 aliphatic heterocycles. The molecule has 0 aliphatic carbocycles. The van der Waals surface area contributed by atoms with E-state index in [1.54, 1.807) is 0 Å². The highest BCUT2D eigenvalue weighted by Gasteiger charge is 2.20. The van der Waals surface area contributed by atoms with Crippen LogP contribution in [0, 0.1) is 13.8 Å². The Morgan fingerprint density at radius 3 is 2.44 bits per heavy atom. The molecule has 0 bridgehead atoms. The zero-order chi connectivity index (χ0) is 24.1. The molecule has 0 spiro atoms. The first-order chi connectivity index (χ1) is 16.4. The summed E-state index contributed by atoms with van der Waals surface area (Å²) in [4.78, 5) is 28.5. The van der Waals surface area contributed by atoms with Crippen LogP contribution in [0.5, 0.6) is 0 Å². The minimum Gasteiger partial charge on any atom is -0.456 e. The van der Waals surface area contributed by atoms with E-state index < -0.39 is 0 Å². The molecule has 0 saturated carbocycles. The second-order valence-electron chi connectivity index (χ2n) is 8.65. The van der Waals surface area contributed by atoms with Crippen LogP contribution < -0.4 is 5.32 Å². The molecular formula is C29H30N2O3. The van der Waals surface area contributed by atoms with Crippen LogP contribution >= 0.6 is 0 Å². The summed E-state index contributed by atoms with van der Waals surface area (Å²) in [7, 11) is 0. The Hall–Kier alpha value is -3.86. The molecule has 34 heavy (non-hydrogen) atoms. The number of fused-ring (bicyclic) bond motifs is 1. The maximum Gasteiger partial charge on any atom is 0.355 e. The third-order valence-corrected chi connectivity index (χ3v) is 6.28. The number of amides is 1. The topological polar surface area (TPSA) is 71.2 Å². The van der Waals surface area contributed by atoms with Gasteiger partial charge in [0, 0.05) is 12.1 Å². The molecule has 1 atom stereocenters. The first-order valence-electron chi connectivity index (χ1n) is 11.6. The van der Waals surface area contributed by atoms with Crippen molar-refractivity contribution in [1.29, 1.82) is 0 Å². The van der Waals surface area contributed by atoms with Crippen LogP contribution in [0.4, 0.5) is 0 Å². The molecule has 4 rings (SSSR count). The van der Waals surface area contributed by atoms with E-state index in [1.807, 2.05) is 69.3 Å². The number of benzene rings is 3. The molecule has 1 heterocycles. The first-order valence-corrected chi connectivity index (χ1v) is 11.6. The lowest BCUT2D eigenvalue weighted by atomic mass is 9.99. The predicted octanol–water partition coefficient (Wildman–Crippen LogP) is 5.95. The highest BCUT2D eigenvalue weighted by molar-refractivity contribution is 5.90. The predicted molar refractivity (Wildman–Crippen MR) is 135 cm³/mol. The minimum atomic E-state index is -0.385. The van der Waals surface area contributed by atoms with Crippen LogP contribution in [0.3, 0.4) is 0 Å². The van der Waals surface area contributed by atoms with Gasteiger partial charge in [0.2, 0.25) is 5.91 Å². The van der Waals surface area contributed by atoms with Crippen molar-refractivity contribution >= 4 is 22.6 Å². The normalized spacial score (nSPS) is 11.9. The quantitative estimate of drug-likeness (QED) is 0.323. The first kappa shape index (κ1) is 23.3. The minimum absolute atomic E-state index is 0.0198. The third-order valence-electron chi connectivity index (χ3n) is 6.28. The maximum atomic E-state index is 12.7. The summed E-state index contributed by atoms with van der Waals surface area (Å²) in [6, 6.07) is 23.8. The SMILES string of the molecule is Cc1[nH]c(C(=O)OCc2ccccc2)c(C)c1CCC(=O)N[C@H](C)c1cccc2ccccc12. The van der Waals surface area contributed by atoms with Crippen molar-refractivity contribution in [3.8, 4) is 0 Å². The average molecular weight is 455 g/mol. The zero-order valence-electron chi connectivity index (χ0n) is 19.9. The van der Waals surface area contributed by atoms with Gasteiger partial charge in [0.1, 0.15) is 12.3 Å². The van der Waals surface area contributed by atoms with Gasteiger partial charge in [-0.1, -0.05) is 72.8 Å². The average Bonchev–Trinajstić information content (AvgIpc) is 3.14. The van der Waals surface area contributed by atoms with Crippen molar-refractivity contribution in [1.82, 2.24) is 10.3 Å². The lowest BCUT2D eigenvalue weighted by molar-refractivity contribution is -0.121. The van der Waals surface area contributed by atoms with Crippen LogP contribution in [0.15, 0.2) is 72.8 Å². The Morgan fingerprint density at radius 2 is 1.65 bits per heavy atom. The Balaban J connectivity index is 1.37. The van der Waals surface area contributed by atoms with Gasteiger partial charge in [-0.05, 0) is 60.2 Å². The maximum absolute atomic E-state index is 12.7. The summed E-state index contributed by atoms with van der Waals surface area (Å²) in [6.07, 6.45) is 0.890. The van der Waals surface area contributed by atoms with Gasteiger partial charge in [-0.2, -0.15) is 0 Å². The van der Waals surface area contributed by atoms with Gasteiger partial charge < -0.3 is 15.0 Å². The second-order valence-corrected chi connectivity index (χ2v) is 8.65. The lowest BCUT2D eigenvalue weighted by Crippen LogP contribution is -2.27. The number of hydrogen-bond donors (Lipinski definition) is 2. The Bertz CT molecular complexity index is 1300. The van der Waals surface area contributed by atoms with Crippen molar-refractivity contribution in [3.63, 3.8) is 0 Å². The van der Waals surface area contributed by atoms with Crippen molar-refractivity contribution < 1.29 is 14.3 Å². The van der Waals surface area contributed by atoms with Gasteiger partial charge in [-0.25, -0.2) is 4.79 Å². The third kappa shape index (κ3) is 5.20. The van der Waals surface area contributed by atoms with Gasteiger partial charge in [-0.15, -0.1) is 0 Å². The molecule has 0 saturated heterocycles. The summed E-state index contributed by atoms with van der Waals surface area (Å²) in [6.45, 7) is 6.05. The van der Waals surface area contributed by atoms with E-state index in [0.29, 0.717) is 18.5 Å². The van der Waals surface area contributed by atoms with Gasteiger partial charge >= 0.3 is 5.97 Å². The molecule has 5 heteroatoms. The molecule has 2 N–H and O–H groups in total. The summed E-state index contributed by atoms with van der Waals surface area (Å²) >= 11 is 0. The number of nitrogens with one attached hydrogen (secondary N) is 2. The molecule has 174 valence electrons. The van der Waals surface area contributed by atoms with Crippen molar-refractivity contribution in [2.24, 2.45) is 0 Å². The molecule has 0 fully saturated rings. The van der Waals surface area contributed by atoms with Gasteiger partial charge in [0.25, 0.3) is 0 Å². The number of aromatic amines is 1. The number of carbonyl (C=O) groups excluding carboxylic acids is 2. The molecule has 0 unspecified atom stereocenters. The van der Waals surface area contributed by atoms with E-state index in [1.165, 1.54) is 0 Å². The van der Waals surface area contributed by atoms with Crippen LogP contribution in [0.25, 0.3) is 10.8 Å². The van der Waals surface area contributed by atoms with E-state index >= 15 is 0 Å². The molecule has 1 aromatic heterocycles. The van der Waals surface area contributed by atoms with E-state index in [0.717, 1.165) is 38.7 Å². The molecule has 0 radical (unpaired) electrons. The van der Waals surface area contributed by atoms with E-state index in [2.05, 4.69) is 34.6 Å². The largest absolute Gasteiger partial charge is 0.456 e. The second kappa shape index (κ2) is 10.4. The van der Waals surface area contributed by atoms with Crippen molar-refractivity contribution in [2.75, 3.05) is 0 Å². The smallest absolute Gasteiger partial charge is 0.355 e. The highest BCUT2D eigenvalue weighted by Crippen LogP contribution is 2.25. The Kier molecular flexibility index (Phi) is 7.12. The van der Waals surface area contributed by atoms with Crippen LogP contribution in [-0.4, -0.2) is 16.9 Å². The lowest BCUT2D eigenvalue weighted by Gasteiger charge is -2.17. The number of hydrogen-bond acceptors (Lipinski definition) is 3. The van der Waals surface area contributed by atoms with Crippen molar-refractivity contribution in [3.05, 3.63) is 106 Å². The van der Waals surface area contributed by atoms with Gasteiger partial charge in [0.05, 0.1) is 6.04 Å². The fourth-order valence-electron chi connectivity index (χ4n) is 4.42. The molecule has 5 nitrogen and oxygen atoms in total. The van der Waals surface area contributed by atoms with Crippen molar-refractivity contribution in [2.45, 2.75) is 46.3 Å². The number of aromatic nitrogens is 1.